The van der Waals surface area contributed by atoms with Crippen molar-refractivity contribution in [2.45, 2.75) is 31.7 Å². The molecule has 0 bridgehead atoms. The predicted octanol–water partition coefficient (Wildman–Crippen LogP) is 4.60. The molecule has 3 aromatic rings. The zero-order valence-electron chi connectivity index (χ0n) is 16.2. The third-order valence-corrected chi connectivity index (χ3v) is 5.53. The highest BCUT2D eigenvalue weighted by Gasteiger charge is 2.26. The molecule has 0 spiro atoms. The third kappa shape index (κ3) is 4.67. The first-order chi connectivity index (χ1) is 14.5. The van der Waals surface area contributed by atoms with Gasteiger partial charge in [0.2, 0.25) is 5.91 Å². The number of hydrogen-bond acceptors (Lipinski definition) is 4. The van der Waals surface area contributed by atoms with Crippen molar-refractivity contribution in [1.82, 2.24) is 14.9 Å². The predicted molar refractivity (Wildman–Crippen MR) is 112 cm³/mol. The number of nitrogens with zero attached hydrogens (tertiary/aromatic N) is 3. The maximum Gasteiger partial charge on any atom is 0.227 e. The maximum atomic E-state index is 13.5. The van der Waals surface area contributed by atoms with E-state index < -0.39 is 11.6 Å². The van der Waals surface area contributed by atoms with E-state index in [4.69, 9.17) is 11.6 Å². The summed E-state index contributed by atoms with van der Waals surface area (Å²) >= 11 is 6.03. The van der Waals surface area contributed by atoms with Crippen LogP contribution in [0.4, 0.5) is 14.6 Å². The van der Waals surface area contributed by atoms with Crippen molar-refractivity contribution < 1.29 is 13.6 Å². The van der Waals surface area contributed by atoms with E-state index in [1.54, 1.807) is 6.07 Å². The zero-order chi connectivity index (χ0) is 21.1. The van der Waals surface area contributed by atoms with Crippen LogP contribution in [0.15, 0.2) is 42.6 Å². The van der Waals surface area contributed by atoms with Gasteiger partial charge < -0.3 is 10.2 Å². The summed E-state index contributed by atoms with van der Waals surface area (Å²) < 4.78 is 26.8. The molecule has 2 heterocycles. The Hall–Kier alpha value is -2.80. The first kappa shape index (κ1) is 20.5. The molecular formula is C22H21ClF2N4O. The van der Waals surface area contributed by atoms with Crippen LogP contribution in [0.2, 0.25) is 5.02 Å². The van der Waals surface area contributed by atoms with Gasteiger partial charge in [0.25, 0.3) is 0 Å². The van der Waals surface area contributed by atoms with Crippen LogP contribution in [0.3, 0.4) is 0 Å². The Morgan fingerprint density at radius 2 is 1.97 bits per heavy atom. The minimum atomic E-state index is -0.959. The van der Waals surface area contributed by atoms with E-state index >= 15 is 0 Å². The SMILES string of the molecule is O=C(Cc1cccc(Cl)c1)N1CCCCC1CNc1cnc2cc(F)c(F)cc2n1. The number of rotatable bonds is 5. The third-order valence-electron chi connectivity index (χ3n) is 5.29. The number of aromatic nitrogens is 2. The summed E-state index contributed by atoms with van der Waals surface area (Å²) in [6.45, 7) is 1.21. The summed E-state index contributed by atoms with van der Waals surface area (Å²) in [6, 6.07) is 9.41. The molecule has 5 nitrogen and oxygen atoms in total. The lowest BCUT2D eigenvalue weighted by Crippen LogP contribution is -2.47. The molecule has 1 atom stereocenters. The highest BCUT2D eigenvalue weighted by Crippen LogP contribution is 2.21. The van der Waals surface area contributed by atoms with Crippen LogP contribution < -0.4 is 5.32 Å². The number of carbonyl (C=O) groups is 1. The number of amides is 1. The Kier molecular flexibility index (Phi) is 6.08. The summed E-state index contributed by atoms with van der Waals surface area (Å²) in [5.74, 6) is -1.39. The average Bonchev–Trinajstić information content (AvgIpc) is 2.73. The quantitative estimate of drug-likeness (QED) is 0.642. The molecule has 156 valence electrons. The van der Waals surface area contributed by atoms with Gasteiger partial charge in [-0.1, -0.05) is 23.7 Å². The summed E-state index contributed by atoms with van der Waals surface area (Å²) in [5, 5.41) is 3.81. The van der Waals surface area contributed by atoms with Crippen molar-refractivity contribution in [1.29, 1.82) is 0 Å². The lowest BCUT2D eigenvalue weighted by Gasteiger charge is -2.36. The first-order valence-corrected chi connectivity index (χ1v) is 10.3. The zero-order valence-corrected chi connectivity index (χ0v) is 17.0. The lowest BCUT2D eigenvalue weighted by atomic mass is 10.0. The fourth-order valence-electron chi connectivity index (χ4n) is 3.78. The molecule has 2 aromatic carbocycles. The Labute approximate surface area is 178 Å². The second-order valence-electron chi connectivity index (χ2n) is 7.43. The van der Waals surface area contributed by atoms with Gasteiger partial charge in [0.05, 0.1) is 23.7 Å². The molecule has 1 N–H and O–H groups in total. The van der Waals surface area contributed by atoms with Crippen LogP contribution in [-0.4, -0.2) is 39.9 Å². The molecule has 1 saturated heterocycles. The van der Waals surface area contributed by atoms with Crippen molar-refractivity contribution in [2.24, 2.45) is 0 Å². The second-order valence-corrected chi connectivity index (χ2v) is 7.87. The van der Waals surface area contributed by atoms with Gasteiger partial charge in [-0.2, -0.15) is 0 Å². The van der Waals surface area contributed by atoms with Crippen LogP contribution in [0.5, 0.6) is 0 Å². The molecule has 1 unspecified atom stereocenters. The number of benzene rings is 2. The van der Waals surface area contributed by atoms with Gasteiger partial charge in [0.1, 0.15) is 5.82 Å². The molecule has 1 aromatic heterocycles. The summed E-state index contributed by atoms with van der Waals surface area (Å²) in [6.07, 6.45) is 4.69. The van der Waals surface area contributed by atoms with Crippen molar-refractivity contribution in [3.8, 4) is 0 Å². The number of carbonyl (C=O) groups excluding carboxylic acids is 1. The van der Waals surface area contributed by atoms with E-state index in [1.807, 2.05) is 23.1 Å². The Morgan fingerprint density at radius 3 is 2.77 bits per heavy atom. The molecule has 4 rings (SSSR count). The van der Waals surface area contributed by atoms with Crippen LogP contribution in [0, 0.1) is 11.6 Å². The number of piperidine rings is 1. The molecular weight excluding hydrogens is 410 g/mol. The second kappa shape index (κ2) is 8.92. The largest absolute Gasteiger partial charge is 0.367 e. The van der Waals surface area contributed by atoms with Gasteiger partial charge in [-0.3, -0.25) is 9.78 Å². The van der Waals surface area contributed by atoms with Crippen molar-refractivity contribution in [3.05, 3.63) is 64.8 Å². The van der Waals surface area contributed by atoms with E-state index in [1.165, 1.54) is 6.20 Å². The minimum absolute atomic E-state index is 0.0212. The van der Waals surface area contributed by atoms with E-state index in [9.17, 15) is 13.6 Å². The smallest absolute Gasteiger partial charge is 0.227 e. The number of fused-ring (bicyclic) bond motifs is 1. The number of nitrogens with one attached hydrogen (secondary N) is 1. The molecule has 30 heavy (non-hydrogen) atoms. The van der Waals surface area contributed by atoms with Crippen LogP contribution in [0.25, 0.3) is 11.0 Å². The fraction of sp³-hybridized carbons (Fsp3) is 0.318. The fourth-order valence-corrected chi connectivity index (χ4v) is 3.99. The van der Waals surface area contributed by atoms with E-state index in [-0.39, 0.29) is 23.0 Å². The standard InChI is InChI=1S/C22H21ClF2N4O/c23-15-5-3-4-14(8-15)9-22(30)29-7-2-1-6-16(29)12-27-21-13-26-19-10-17(24)18(25)11-20(19)28-21/h3-5,8,10-11,13,16H,1-2,6-7,9,12H2,(H,27,28). The van der Waals surface area contributed by atoms with E-state index in [0.29, 0.717) is 30.4 Å². The van der Waals surface area contributed by atoms with Crippen molar-refractivity contribution in [3.63, 3.8) is 0 Å². The highest BCUT2D eigenvalue weighted by atomic mass is 35.5. The summed E-state index contributed by atoms with van der Waals surface area (Å²) in [4.78, 5) is 23.2. The normalized spacial score (nSPS) is 16.6. The average molecular weight is 431 g/mol. The number of likely N-dealkylation sites (tertiary alicyclic amines) is 1. The number of hydrogen-bond donors (Lipinski definition) is 1. The molecule has 1 fully saturated rings. The van der Waals surface area contributed by atoms with Crippen LogP contribution in [-0.2, 0) is 11.2 Å². The van der Waals surface area contributed by atoms with Gasteiger partial charge in [0, 0.05) is 36.3 Å². The van der Waals surface area contributed by atoms with Gasteiger partial charge in [-0.25, -0.2) is 13.8 Å². The monoisotopic (exact) mass is 430 g/mol. The maximum absolute atomic E-state index is 13.5. The number of anilines is 1. The Morgan fingerprint density at radius 1 is 1.17 bits per heavy atom. The molecule has 8 heteroatoms. The summed E-state index contributed by atoms with van der Waals surface area (Å²) in [7, 11) is 0. The first-order valence-electron chi connectivity index (χ1n) is 9.89. The molecule has 0 saturated carbocycles. The van der Waals surface area contributed by atoms with Gasteiger partial charge in [-0.15, -0.1) is 0 Å². The number of halogens is 3. The molecule has 0 radical (unpaired) electrons. The molecule has 1 amide bonds. The van der Waals surface area contributed by atoms with Gasteiger partial charge in [0.15, 0.2) is 11.6 Å². The van der Waals surface area contributed by atoms with Gasteiger partial charge >= 0.3 is 0 Å². The Balaban J connectivity index is 1.44. The van der Waals surface area contributed by atoms with E-state index in [0.717, 1.165) is 37.0 Å². The topological polar surface area (TPSA) is 58.1 Å². The molecule has 1 aliphatic heterocycles. The molecule has 0 aliphatic carbocycles. The van der Waals surface area contributed by atoms with Crippen molar-refractivity contribution in [2.75, 3.05) is 18.4 Å². The highest BCUT2D eigenvalue weighted by molar-refractivity contribution is 6.30. The summed E-state index contributed by atoms with van der Waals surface area (Å²) in [5.41, 5.74) is 1.45. The van der Waals surface area contributed by atoms with E-state index in [2.05, 4.69) is 15.3 Å². The minimum Gasteiger partial charge on any atom is -0.367 e. The molecule has 1 aliphatic rings. The Bertz CT molecular complexity index is 1080. The lowest BCUT2D eigenvalue weighted by molar-refractivity contribution is -0.133. The van der Waals surface area contributed by atoms with Gasteiger partial charge in [-0.05, 0) is 37.0 Å². The van der Waals surface area contributed by atoms with Crippen LogP contribution >= 0.6 is 11.6 Å². The van der Waals surface area contributed by atoms with Crippen LogP contribution in [0.1, 0.15) is 24.8 Å². The van der Waals surface area contributed by atoms with Crippen molar-refractivity contribution >= 4 is 34.4 Å².